The zero-order valence-electron chi connectivity index (χ0n) is 14.4. The van der Waals surface area contributed by atoms with Gasteiger partial charge in [-0.3, -0.25) is 4.79 Å². The summed E-state index contributed by atoms with van der Waals surface area (Å²) in [6, 6.07) is 5.17. The van der Waals surface area contributed by atoms with Crippen LogP contribution in [0.15, 0.2) is 18.2 Å². The fraction of sp³-hybridized carbons (Fsp3) is 0.529. The molecule has 1 aromatic rings. The van der Waals surface area contributed by atoms with E-state index in [1.165, 1.54) is 14.2 Å². The molecule has 0 aromatic heterocycles. The number of carbonyl (C=O) groups is 2. The number of amides is 2. The fourth-order valence-electron chi connectivity index (χ4n) is 2.76. The van der Waals surface area contributed by atoms with Gasteiger partial charge >= 0.3 is 6.09 Å². The summed E-state index contributed by atoms with van der Waals surface area (Å²) in [5.74, 6) is 0.939. The molecule has 2 rings (SSSR count). The van der Waals surface area contributed by atoms with Crippen LogP contribution in [0.1, 0.15) is 23.2 Å². The normalized spacial score (nSPS) is 14.8. The molecule has 8 heteroatoms. The molecule has 1 aromatic carbocycles. The average Bonchev–Trinajstić information content (AvgIpc) is 2.65. The average molecular weight is 371 g/mol. The van der Waals surface area contributed by atoms with Gasteiger partial charge in [0.1, 0.15) is 23.7 Å². The maximum Gasteiger partial charge on any atom is 0.409 e. The van der Waals surface area contributed by atoms with Crippen LogP contribution >= 0.6 is 11.6 Å². The quantitative estimate of drug-likeness (QED) is 0.777. The van der Waals surface area contributed by atoms with Gasteiger partial charge in [-0.25, -0.2) is 4.79 Å². The van der Waals surface area contributed by atoms with E-state index in [2.05, 4.69) is 5.32 Å². The van der Waals surface area contributed by atoms with Crippen molar-refractivity contribution in [3.05, 3.63) is 23.8 Å². The Balaban J connectivity index is 1.94. The molecular formula is C17H23ClN2O5. The van der Waals surface area contributed by atoms with Crippen molar-refractivity contribution in [3.8, 4) is 11.5 Å². The molecule has 25 heavy (non-hydrogen) atoms. The topological polar surface area (TPSA) is 77.1 Å². The number of halogens is 1. The summed E-state index contributed by atoms with van der Waals surface area (Å²) in [6.07, 6.45) is 0.940. The van der Waals surface area contributed by atoms with Crippen LogP contribution in [-0.4, -0.2) is 62.7 Å². The van der Waals surface area contributed by atoms with Crippen LogP contribution in [0.25, 0.3) is 0 Å². The van der Waals surface area contributed by atoms with E-state index in [4.69, 9.17) is 25.8 Å². The smallest absolute Gasteiger partial charge is 0.409 e. The molecule has 0 saturated carbocycles. The lowest BCUT2D eigenvalue weighted by Crippen LogP contribution is -2.46. The first-order valence-electron chi connectivity index (χ1n) is 8.10. The first kappa shape index (κ1) is 19.2. The van der Waals surface area contributed by atoms with E-state index in [1.807, 2.05) is 0 Å². The number of benzene rings is 1. The van der Waals surface area contributed by atoms with Gasteiger partial charge in [-0.15, -0.1) is 11.6 Å². The summed E-state index contributed by atoms with van der Waals surface area (Å²) in [7, 11) is 3.02. The third-order valence-electron chi connectivity index (χ3n) is 4.05. The molecule has 138 valence electrons. The van der Waals surface area contributed by atoms with E-state index >= 15 is 0 Å². The second-order valence-electron chi connectivity index (χ2n) is 5.58. The molecule has 1 fully saturated rings. The van der Waals surface area contributed by atoms with E-state index < -0.39 is 0 Å². The third kappa shape index (κ3) is 4.92. The molecule has 1 N–H and O–H groups in total. The Morgan fingerprint density at radius 3 is 2.32 bits per heavy atom. The summed E-state index contributed by atoms with van der Waals surface area (Å²) >= 11 is 5.51. The lowest BCUT2D eigenvalue weighted by Gasteiger charge is -2.31. The number of carbonyl (C=O) groups excluding carboxylic acids is 2. The van der Waals surface area contributed by atoms with Crippen molar-refractivity contribution < 1.29 is 23.8 Å². The predicted octanol–water partition coefficient (Wildman–Crippen LogP) is 2.27. The Hall–Kier alpha value is -2.15. The highest BCUT2D eigenvalue weighted by atomic mass is 35.5. The number of ether oxygens (including phenoxy) is 3. The van der Waals surface area contributed by atoms with Gasteiger partial charge in [-0.1, -0.05) is 6.07 Å². The summed E-state index contributed by atoms with van der Waals surface area (Å²) in [5.41, 5.74) is 0.372. The minimum absolute atomic E-state index is 0.0285. The number of rotatable bonds is 6. The fourth-order valence-corrected chi connectivity index (χ4v) is 2.83. The number of piperidine rings is 1. The van der Waals surface area contributed by atoms with E-state index in [1.54, 1.807) is 23.1 Å². The van der Waals surface area contributed by atoms with E-state index in [0.717, 1.165) is 0 Å². The summed E-state index contributed by atoms with van der Waals surface area (Å²) < 4.78 is 15.5. The lowest BCUT2D eigenvalue weighted by atomic mass is 10.0. The number of nitrogens with zero attached hydrogens (tertiary/aromatic N) is 1. The Morgan fingerprint density at radius 2 is 1.80 bits per heavy atom. The molecule has 0 bridgehead atoms. The highest BCUT2D eigenvalue weighted by Gasteiger charge is 2.26. The molecule has 7 nitrogen and oxygen atoms in total. The SMILES string of the molecule is COc1cccc(OC)c1C(=O)NC1CCN(C(=O)OCCCl)CC1. The largest absolute Gasteiger partial charge is 0.496 e. The number of alkyl halides is 1. The summed E-state index contributed by atoms with van der Waals surface area (Å²) in [6.45, 7) is 1.24. The Labute approximate surface area is 152 Å². The van der Waals surface area contributed by atoms with Crippen LogP contribution in [0.3, 0.4) is 0 Å². The standard InChI is InChI=1S/C17H23ClN2O5/c1-23-13-4-3-5-14(24-2)15(13)16(21)19-12-6-9-20(10-7-12)17(22)25-11-8-18/h3-5,12H,6-11H2,1-2H3,(H,19,21). The zero-order valence-corrected chi connectivity index (χ0v) is 15.2. The van der Waals surface area contributed by atoms with Crippen molar-refractivity contribution in [2.75, 3.05) is 39.8 Å². The summed E-state index contributed by atoms with van der Waals surface area (Å²) in [5, 5.41) is 2.99. The Morgan fingerprint density at radius 1 is 1.20 bits per heavy atom. The highest BCUT2D eigenvalue weighted by molar-refractivity contribution is 6.18. The maximum absolute atomic E-state index is 12.6. The van der Waals surface area contributed by atoms with Gasteiger partial charge in [-0.05, 0) is 25.0 Å². The molecule has 1 heterocycles. The molecule has 1 aliphatic heterocycles. The van der Waals surface area contributed by atoms with Gasteiger partial charge in [0.2, 0.25) is 0 Å². The van der Waals surface area contributed by atoms with Crippen LogP contribution in [0.4, 0.5) is 4.79 Å². The van der Waals surface area contributed by atoms with Gasteiger partial charge in [0, 0.05) is 19.1 Å². The van der Waals surface area contributed by atoms with Crippen LogP contribution < -0.4 is 14.8 Å². The monoisotopic (exact) mass is 370 g/mol. The molecule has 0 aliphatic carbocycles. The lowest BCUT2D eigenvalue weighted by molar-refractivity contribution is 0.0858. The molecule has 0 atom stereocenters. The first-order chi connectivity index (χ1) is 12.1. The van der Waals surface area contributed by atoms with Gasteiger partial charge in [0.05, 0.1) is 20.1 Å². The zero-order chi connectivity index (χ0) is 18.2. The molecule has 2 amide bonds. The van der Waals surface area contributed by atoms with Crippen LogP contribution in [-0.2, 0) is 4.74 Å². The number of nitrogens with one attached hydrogen (secondary N) is 1. The van der Waals surface area contributed by atoms with Crippen molar-refractivity contribution >= 4 is 23.6 Å². The molecule has 0 spiro atoms. The summed E-state index contributed by atoms with van der Waals surface area (Å²) in [4.78, 5) is 26.1. The third-order valence-corrected chi connectivity index (χ3v) is 4.20. The van der Waals surface area contributed by atoms with Crippen molar-refractivity contribution in [2.45, 2.75) is 18.9 Å². The predicted molar refractivity (Wildman–Crippen MR) is 93.7 cm³/mol. The Kier molecular flexibility index (Phi) is 7.18. The molecular weight excluding hydrogens is 348 g/mol. The highest BCUT2D eigenvalue weighted by Crippen LogP contribution is 2.28. The van der Waals surface area contributed by atoms with Gasteiger partial charge in [-0.2, -0.15) is 0 Å². The van der Waals surface area contributed by atoms with Crippen LogP contribution in [0.5, 0.6) is 11.5 Å². The van der Waals surface area contributed by atoms with Crippen LogP contribution in [0, 0.1) is 0 Å². The minimum Gasteiger partial charge on any atom is -0.496 e. The first-order valence-corrected chi connectivity index (χ1v) is 8.63. The minimum atomic E-state index is -0.364. The molecule has 0 unspecified atom stereocenters. The number of likely N-dealkylation sites (tertiary alicyclic amines) is 1. The van der Waals surface area contributed by atoms with Gasteiger partial charge < -0.3 is 24.4 Å². The van der Waals surface area contributed by atoms with E-state index in [-0.39, 0.29) is 30.5 Å². The van der Waals surface area contributed by atoms with Crippen molar-refractivity contribution in [1.82, 2.24) is 10.2 Å². The van der Waals surface area contributed by atoms with E-state index in [0.29, 0.717) is 43.0 Å². The van der Waals surface area contributed by atoms with Gasteiger partial charge in [0.25, 0.3) is 5.91 Å². The number of hydrogen-bond acceptors (Lipinski definition) is 5. The van der Waals surface area contributed by atoms with Crippen molar-refractivity contribution in [2.24, 2.45) is 0 Å². The van der Waals surface area contributed by atoms with Crippen molar-refractivity contribution in [3.63, 3.8) is 0 Å². The van der Waals surface area contributed by atoms with Crippen LogP contribution in [0.2, 0.25) is 0 Å². The molecule has 1 aliphatic rings. The van der Waals surface area contributed by atoms with Gasteiger partial charge in [0.15, 0.2) is 0 Å². The second kappa shape index (κ2) is 9.36. The number of hydrogen-bond donors (Lipinski definition) is 1. The second-order valence-corrected chi connectivity index (χ2v) is 5.95. The Bertz CT molecular complexity index is 580. The molecule has 1 saturated heterocycles. The van der Waals surface area contributed by atoms with Crippen molar-refractivity contribution in [1.29, 1.82) is 0 Å². The maximum atomic E-state index is 12.6. The molecule has 0 radical (unpaired) electrons. The number of methoxy groups -OCH3 is 2. The van der Waals surface area contributed by atoms with E-state index in [9.17, 15) is 9.59 Å².